The van der Waals surface area contributed by atoms with Gasteiger partial charge in [0.05, 0.1) is 11.4 Å². The topological polar surface area (TPSA) is 46.1 Å². The first-order valence-electron chi connectivity index (χ1n) is 6.63. The molecule has 0 saturated carbocycles. The third kappa shape index (κ3) is 3.29. The van der Waals surface area contributed by atoms with E-state index in [1.54, 1.807) is 17.2 Å². The molecular weight excluding hydrogens is 314 g/mol. The maximum absolute atomic E-state index is 12.6. The van der Waals surface area contributed by atoms with Gasteiger partial charge in [0, 0.05) is 23.0 Å². The molecule has 0 aliphatic heterocycles. The van der Waals surface area contributed by atoms with Gasteiger partial charge in [0.25, 0.3) is 5.91 Å². The number of benzene rings is 1. The lowest BCUT2D eigenvalue weighted by Crippen LogP contribution is -2.23. The van der Waals surface area contributed by atoms with Crippen molar-refractivity contribution >= 4 is 45.5 Å². The van der Waals surface area contributed by atoms with Crippen LogP contribution in [0.4, 0.5) is 10.8 Å². The maximum Gasteiger partial charge on any atom is 0.257 e. The van der Waals surface area contributed by atoms with Crippen molar-refractivity contribution in [2.24, 2.45) is 0 Å². The van der Waals surface area contributed by atoms with Crippen molar-refractivity contribution in [3.63, 3.8) is 0 Å². The van der Waals surface area contributed by atoms with Gasteiger partial charge in [-0.05, 0) is 25.1 Å². The molecule has 1 amide bonds. The summed E-state index contributed by atoms with van der Waals surface area (Å²) in [6.07, 6.45) is 4.97. The first-order valence-corrected chi connectivity index (χ1v) is 8.39. The molecule has 1 aromatic carbocycles. The number of para-hydroxylation sites is 1. The smallest absolute Gasteiger partial charge is 0.257 e. The van der Waals surface area contributed by atoms with Gasteiger partial charge in [-0.1, -0.05) is 18.2 Å². The Balaban J connectivity index is 1.93. The minimum atomic E-state index is -0.143. The summed E-state index contributed by atoms with van der Waals surface area (Å²) in [5.74, 6) is -0.143. The van der Waals surface area contributed by atoms with E-state index < -0.39 is 0 Å². The number of hydrogen-bond acceptors (Lipinski definition) is 5. The summed E-state index contributed by atoms with van der Waals surface area (Å²) in [6.45, 7) is 1.92. The predicted octanol–water partition coefficient (Wildman–Crippen LogP) is 4.29. The first-order chi connectivity index (χ1) is 10.7. The van der Waals surface area contributed by atoms with Gasteiger partial charge in [-0.15, -0.1) is 22.7 Å². The van der Waals surface area contributed by atoms with Crippen LogP contribution in [0.1, 0.15) is 10.7 Å². The molecule has 0 unspecified atom stereocenters. The molecule has 0 bridgehead atoms. The Kier molecular flexibility index (Phi) is 4.41. The lowest BCUT2D eigenvalue weighted by molar-refractivity contribution is -0.113. The van der Waals surface area contributed by atoms with E-state index in [0.29, 0.717) is 5.13 Å². The van der Waals surface area contributed by atoms with E-state index in [-0.39, 0.29) is 5.91 Å². The second kappa shape index (κ2) is 6.64. The van der Waals surface area contributed by atoms with Gasteiger partial charge in [-0.25, -0.2) is 9.97 Å². The van der Waals surface area contributed by atoms with Crippen molar-refractivity contribution in [1.29, 1.82) is 0 Å². The van der Waals surface area contributed by atoms with E-state index in [9.17, 15) is 4.79 Å². The monoisotopic (exact) mass is 327 g/mol. The van der Waals surface area contributed by atoms with Gasteiger partial charge in [-0.2, -0.15) is 0 Å². The number of anilines is 2. The second-order valence-corrected chi connectivity index (χ2v) is 6.25. The van der Waals surface area contributed by atoms with Crippen LogP contribution >= 0.6 is 22.7 Å². The van der Waals surface area contributed by atoms with Gasteiger partial charge < -0.3 is 0 Å². The summed E-state index contributed by atoms with van der Waals surface area (Å²) in [5.41, 5.74) is 1.70. The minimum absolute atomic E-state index is 0.143. The van der Waals surface area contributed by atoms with Crippen molar-refractivity contribution in [3.8, 4) is 0 Å². The van der Waals surface area contributed by atoms with Gasteiger partial charge in [-0.3, -0.25) is 9.69 Å². The number of carbonyl (C=O) groups is 1. The molecule has 0 radical (unpaired) electrons. The summed E-state index contributed by atoms with van der Waals surface area (Å²) in [5, 5.41) is 5.28. The molecule has 3 aromatic rings. The number of aryl methyl sites for hydroxylation is 1. The second-order valence-electron chi connectivity index (χ2n) is 4.48. The standard InChI is InChI=1S/C16H13N3OS2/c1-12-11-22-16(18-12)19(13-5-3-2-4-6-13)15(20)8-7-14-17-9-10-21-14/h2-11H,1H3. The Morgan fingerprint density at radius 3 is 2.68 bits per heavy atom. The average Bonchev–Trinajstić information content (AvgIpc) is 3.18. The van der Waals surface area contributed by atoms with Crippen LogP contribution in [0.25, 0.3) is 6.08 Å². The highest BCUT2D eigenvalue weighted by Gasteiger charge is 2.18. The average molecular weight is 327 g/mol. The van der Waals surface area contributed by atoms with E-state index in [4.69, 9.17) is 0 Å². The van der Waals surface area contributed by atoms with Gasteiger partial charge >= 0.3 is 0 Å². The third-order valence-corrected chi connectivity index (χ3v) is 4.54. The van der Waals surface area contributed by atoms with Crippen LogP contribution in [0.5, 0.6) is 0 Å². The van der Waals surface area contributed by atoms with Crippen molar-refractivity contribution in [1.82, 2.24) is 9.97 Å². The predicted molar refractivity (Wildman–Crippen MR) is 91.6 cm³/mol. The molecule has 0 fully saturated rings. The molecular formula is C16H13N3OS2. The van der Waals surface area contributed by atoms with Crippen molar-refractivity contribution in [2.45, 2.75) is 6.92 Å². The van der Waals surface area contributed by atoms with E-state index in [1.165, 1.54) is 28.7 Å². The molecule has 0 saturated heterocycles. The number of amides is 1. The van der Waals surface area contributed by atoms with Gasteiger partial charge in [0.15, 0.2) is 5.13 Å². The number of aromatic nitrogens is 2. The van der Waals surface area contributed by atoms with E-state index in [2.05, 4.69) is 9.97 Å². The number of thiazole rings is 2. The summed E-state index contributed by atoms with van der Waals surface area (Å²) in [4.78, 5) is 22.8. The zero-order valence-corrected chi connectivity index (χ0v) is 13.5. The SMILES string of the molecule is Cc1csc(N(C(=O)C=Cc2nccs2)c2ccccc2)n1. The van der Waals surface area contributed by atoms with Crippen LogP contribution in [-0.4, -0.2) is 15.9 Å². The number of carbonyl (C=O) groups excluding carboxylic acids is 1. The van der Waals surface area contributed by atoms with Crippen molar-refractivity contribution in [2.75, 3.05) is 4.90 Å². The molecule has 0 atom stereocenters. The highest BCUT2D eigenvalue weighted by molar-refractivity contribution is 7.14. The molecule has 2 heterocycles. The molecule has 0 aliphatic rings. The Morgan fingerprint density at radius 1 is 1.23 bits per heavy atom. The zero-order valence-electron chi connectivity index (χ0n) is 11.8. The normalized spacial score (nSPS) is 11.0. The van der Waals surface area contributed by atoms with Crippen LogP contribution in [0.3, 0.4) is 0 Å². The lowest BCUT2D eigenvalue weighted by atomic mass is 10.3. The molecule has 0 spiro atoms. The Labute approximate surface area is 136 Å². The molecule has 2 aromatic heterocycles. The molecule has 0 N–H and O–H groups in total. The van der Waals surface area contributed by atoms with Crippen LogP contribution in [-0.2, 0) is 4.79 Å². The number of nitrogens with zero attached hydrogens (tertiary/aromatic N) is 3. The summed E-state index contributed by atoms with van der Waals surface area (Å²) >= 11 is 2.94. The first kappa shape index (κ1) is 14.6. The number of hydrogen-bond donors (Lipinski definition) is 0. The van der Waals surface area contributed by atoms with Crippen molar-refractivity contribution in [3.05, 3.63) is 64.1 Å². The van der Waals surface area contributed by atoms with Crippen LogP contribution in [0.15, 0.2) is 53.4 Å². The fourth-order valence-electron chi connectivity index (χ4n) is 1.89. The lowest BCUT2D eigenvalue weighted by Gasteiger charge is -2.18. The fourth-order valence-corrected chi connectivity index (χ4v) is 3.24. The van der Waals surface area contributed by atoms with E-state index in [0.717, 1.165) is 16.4 Å². The Hall–Kier alpha value is -2.31. The molecule has 22 heavy (non-hydrogen) atoms. The van der Waals surface area contributed by atoms with Crippen LogP contribution in [0, 0.1) is 6.92 Å². The molecule has 110 valence electrons. The fraction of sp³-hybridized carbons (Fsp3) is 0.0625. The Bertz CT molecular complexity index is 779. The molecule has 3 rings (SSSR count). The van der Waals surface area contributed by atoms with E-state index in [1.807, 2.05) is 48.0 Å². The quantitative estimate of drug-likeness (QED) is 0.672. The summed E-state index contributed by atoms with van der Waals surface area (Å²) < 4.78 is 0. The van der Waals surface area contributed by atoms with Crippen LogP contribution < -0.4 is 4.90 Å². The Morgan fingerprint density at radius 2 is 2.05 bits per heavy atom. The summed E-state index contributed by atoms with van der Waals surface area (Å²) in [6, 6.07) is 9.52. The van der Waals surface area contributed by atoms with E-state index >= 15 is 0 Å². The zero-order chi connectivity index (χ0) is 15.4. The van der Waals surface area contributed by atoms with Gasteiger partial charge in [0.1, 0.15) is 5.01 Å². The highest BCUT2D eigenvalue weighted by atomic mass is 32.1. The minimum Gasteiger partial charge on any atom is -0.269 e. The summed E-state index contributed by atoms with van der Waals surface area (Å²) in [7, 11) is 0. The highest BCUT2D eigenvalue weighted by Crippen LogP contribution is 2.28. The largest absolute Gasteiger partial charge is 0.269 e. The number of rotatable bonds is 4. The molecule has 4 nitrogen and oxygen atoms in total. The van der Waals surface area contributed by atoms with Gasteiger partial charge in [0.2, 0.25) is 0 Å². The molecule has 6 heteroatoms. The maximum atomic E-state index is 12.6. The third-order valence-electron chi connectivity index (χ3n) is 2.85. The van der Waals surface area contributed by atoms with Crippen molar-refractivity contribution < 1.29 is 4.79 Å². The molecule has 0 aliphatic carbocycles. The van der Waals surface area contributed by atoms with Crippen LogP contribution in [0.2, 0.25) is 0 Å².